The van der Waals surface area contributed by atoms with Crippen molar-refractivity contribution >= 4 is 50.0 Å². The minimum Gasteiger partial charge on any atom is -0.340 e. The third-order valence-electron chi connectivity index (χ3n) is 5.37. The van der Waals surface area contributed by atoms with E-state index in [0.717, 1.165) is 0 Å². The van der Waals surface area contributed by atoms with Crippen LogP contribution in [0.15, 0.2) is 59.6 Å². The van der Waals surface area contributed by atoms with Crippen molar-refractivity contribution in [3.8, 4) is 0 Å². The Morgan fingerprint density at radius 2 is 1.78 bits per heavy atom. The first kappa shape index (κ1) is 22.2. The van der Waals surface area contributed by atoms with Crippen molar-refractivity contribution in [1.82, 2.24) is 14.2 Å². The van der Waals surface area contributed by atoms with Crippen molar-refractivity contribution in [3.63, 3.8) is 0 Å². The van der Waals surface area contributed by atoms with Crippen LogP contribution in [-0.2, 0) is 14.8 Å². The number of carbonyl (C=O) groups excluding carboxylic acids is 2. The summed E-state index contributed by atoms with van der Waals surface area (Å²) in [6, 6.07) is 12.8. The van der Waals surface area contributed by atoms with E-state index < -0.39 is 15.9 Å². The van der Waals surface area contributed by atoms with Gasteiger partial charge in [-0.1, -0.05) is 17.7 Å². The van der Waals surface area contributed by atoms with Gasteiger partial charge in [-0.05, 0) is 42.5 Å². The van der Waals surface area contributed by atoms with Crippen LogP contribution >= 0.6 is 11.6 Å². The van der Waals surface area contributed by atoms with E-state index in [1.54, 1.807) is 41.4 Å². The number of hydrogen-bond acceptors (Lipinski definition) is 5. The summed E-state index contributed by atoms with van der Waals surface area (Å²) in [6.45, 7) is 2.56. The van der Waals surface area contributed by atoms with Crippen LogP contribution in [0.2, 0.25) is 5.02 Å². The first-order valence-corrected chi connectivity index (χ1v) is 11.8. The summed E-state index contributed by atoms with van der Waals surface area (Å²) in [7, 11) is -3.79. The zero-order chi connectivity index (χ0) is 22.9. The number of rotatable bonds is 4. The maximum atomic E-state index is 13.1. The fourth-order valence-corrected chi connectivity index (χ4v) is 5.25. The molecule has 4 rings (SSSR count). The largest absolute Gasteiger partial charge is 0.340 e. The van der Waals surface area contributed by atoms with E-state index in [-0.39, 0.29) is 29.5 Å². The zero-order valence-corrected chi connectivity index (χ0v) is 18.9. The molecule has 0 spiro atoms. The number of halogens is 1. The number of nitrogens with one attached hydrogen (secondary N) is 1. The lowest BCUT2D eigenvalue weighted by Gasteiger charge is -2.33. The topological polar surface area (TPSA) is 99.7 Å². The van der Waals surface area contributed by atoms with Crippen LogP contribution < -0.4 is 5.32 Å². The molecule has 0 aliphatic carbocycles. The molecule has 32 heavy (non-hydrogen) atoms. The molecule has 0 unspecified atom stereocenters. The molecule has 1 saturated heterocycles. The fourth-order valence-electron chi connectivity index (χ4n) is 3.61. The van der Waals surface area contributed by atoms with Crippen LogP contribution in [0.4, 0.5) is 5.69 Å². The Bertz CT molecular complexity index is 1300. The molecule has 1 N–H and O–H groups in total. The second-order valence-electron chi connectivity index (χ2n) is 7.41. The van der Waals surface area contributed by atoms with Crippen molar-refractivity contribution in [3.05, 3.63) is 65.3 Å². The van der Waals surface area contributed by atoms with E-state index in [0.29, 0.717) is 34.7 Å². The third kappa shape index (κ3) is 4.45. The molecular formula is C22H21ClN4O4S. The summed E-state index contributed by atoms with van der Waals surface area (Å²) in [5.41, 5.74) is 1.41. The Labute approximate surface area is 190 Å². The molecule has 10 heteroatoms. The van der Waals surface area contributed by atoms with Gasteiger partial charge in [0.05, 0.1) is 16.1 Å². The summed E-state index contributed by atoms with van der Waals surface area (Å²) >= 11 is 6.08. The zero-order valence-electron chi connectivity index (χ0n) is 17.3. The number of fused-ring (bicyclic) bond motifs is 1. The minimum absolute atomic E-state index is 0.0315. The number of benzene rings is 2. The van der Waals surface area contributed by atoms with Crippen molar-refractivity contribution in [2.75, 3.05) is 31.5 Å². The molecule has 0 radical (unpaired) electrons. The van der Waals surface area contributed by atoms with E-state index in [4.69, 9.17) is 11.6 Å². The lowest BCUT2D eigenvalue weighted by Crippen LogP contribution is -2.49. The Balaban J connectivity index is 1.56. The van der Waals surface area contributed by atoms with Gasteiger partial charge in [-0.15, -0.1) is 0 Å². The lowest BCUT2D eigenvalue weighted by molar-refractivity contribution is -0.129. The summed E-state index contributed by atoms with van der Waals surface area (Å²) in [4.78, 5) is 30.3. The number of sulfonamides is 1. The summed E-state index contributed by atoms with van der Waals surface area (Å²) in [5.74, 6) is -0.526. The number of nitrogens with zero attached hydrogens (tertiary/aromatic N) is 3. The molecule has 1 aromatic heterocycles. The van der Waals surface area contributed by atoms with Crippen LogP contribution in [0, 0.1) is 0 Å². The van der Waals surface area contributed by atoms with Crippen molar-refractivity contribution in [2.45, 2.75) is 11.8 Å². The molecule has 2 heterocycles. The molecule has 0 bridgehead atoms. The Kier molecular flexibility index (Phi) is 6.14. The van der Waals surface area contributed by atoms with Gasteiger partial charge in [-0.3, -0.25) is 14.6 Å². The van der Waals surface area contributed by atoms with Gasteiger partial charge in [0.15, 0.2) is 0 Å². The summed E-state index contributed by atoms with van der Waals surface area (Å²) < 4.78 is 27.5. The first-order valence-electron chi connectivity index (χ1n) is 9.97. The molecular weight excluding hydrogens is 452 g/mol. The predicted molar refractivity (Wildman–Crippen MR) is 122 cm³/mol. The normalized spacial score (nSPS) is 15.0. The highest BCUT2D eigenvalue weighted by atomic mass is 35.5. The monoisotopic (exact) mass is 472 g/mol. The van der Waals surface area contributed by atoms with Gasteiger partial charge >= 0.3 is 0 Å². The van der Waals surface area contributed by atoms with Gasteiger partial charge in [-0.25, -0.2) is 8.42 Å². The van der Waals surface area contributed by atoms with E-state index in [1.807, 2.05) is 0 Å². The lowest BCUT2D eigenvalue weighted by atomic mass is 10.1. The van der Waals surface area contributed by atoms with Crippen LogP contribution in [0.5, 0.6) is 0 Å². The molecule has 2 amide bonds. The van der Waals surface area contributed by atoms with E-state index in [2.05, 4.69) is 10.3 Å². The van der Waals surface area contributed by atoms with Crippen molar-refractivity contribution in [1.29, 1.82) is 0 Å². The summed E-state index contributed by atoms with van der Waals surface area (Å²) in [5, 5.41) is 4.01. The van der Waals surface area contributed by atoms with Gasteiger partial charge < -0.3 is 10.2 Å². The van der Waals surface area contributed by atoms with E-state index in [9.17, 15) is 18.0 Å². The van der Waals surface area contributed by atoms with Gasteiger partial charge in [-0.2, -0.15) is 4.31 Å². The molecule has 2 aromatic carbocycles. The van der Waals surface area contributed by atoms with Crippen LogP contribution in [0.25, 0.3) is 10.9 Å². The maximum absolute atomic E-state index is 13.1. The average Bonchev–Trinajstić information content (AvgIpc) is 2.79. The minimum atomic E-state index is -3.79. The smallest absolute Gasteiger partial charge is 0.255 e. The number of pyridine rings is 1. The number of aromatic nitrogens is 1. The number of hydrogen-bond donors (Lipinski definition) is 1. The number of carbonyl (C=O) groups is 2. The molecule has 0 saturated carbocycles. The Hall–Kier alpha value is -3.01. The predicted octanol–water partition coefficient (Wildman–Crippen LogP) is 2.99. The molecule has 1 aliphatic rings. The first-order chi connectivity index (χ1) is 15.3. The Morgan fingerprint density at radius 1 is 1.03 bits per heavy atom. The molecule has 1 fully saturated rings. The highest BCUT2D eigenvalue weighted by Crippen LogP contribution is 2.26. The second-order valence-corrected chi connectivity index (χ2v) is 9.79. The molecule has 1 aliphatic heterocycles. The third-order valence-corrected chi connectivity index (χ3v) is 7.50. The second kappa shape index (κ2) is 8.85. The fraction of sp³-hybridized carbons (Fsp3) is 0.227. The van der Waals surface area contributed by atoms with Crippen LogP contribution in [-0.4, -0.2) is 60.6 Å². The van der Waals surface area contributed by atoms with E-state index in [1.165, 1.54) is 29.4 Å². The van der Waals surface area contributed by atoms with Gasteiger partial charge in [0.1, 0.15) is 0 Å². The quantitative estimate of drug-likeness (QED) is 0.629. The summed E-state index contributed by atoms with van der Waals surface area (Å²) in [6.07, 6.45) is 1.58. The molecule has 8 nitrogen and oxygen atoms in total. The number of piperazine rings is 1. The van der Waals surface area contributed by atoms with Crippen molar-refractivity contribution in [2.24, 2.45) is 0 Å². The number of amides is 2. The average molecular weight is 473 g/mol. The SMILES string of the molecule is CC(=O)N1CCN(S(=O)(=O)c2cccc(C(=O)Nc3ccnc4ccc(Cl)cc34)c2)CC1. The van der Waals surface area contributed by atoms with E-state index >= 15 is 0 Å². The molecule has 3 aromatic rings. The Morgan fingerprint density at radius 3 is 2.50 bits per heavy atom. The van der Waals surface area contributed by atoms with Gasteiger partial charge in [0, 0.05) is 55.3 Å². The van der Waals surface area contributed by atoms with Crippen LogP contribution in [0.3, 0.4) is 0 Å². The standard InChI is InChI=1S/C22H21ClN4O4S/c1-15(28)26-9-11-27(12-10-26)32(30,31)18-4-2-3-16(13-18)22(29)25-21-7-8-24-20-6-5-17(23)14-19(20)21/h2-8,13-14H,9-12H2,1H3,(H,24,25,29). The van der Waals surface area contributed by atoms with Gasteiger partial charge in [0.2, 0.25) is 15.9 Å². The highest BCUT2D eigenvalue weighted by molar-refractivity contribution is 7.89. The maximum Gasteiger partial charge on any atom is 0.255 e. The highest BCUT2D eigenvalue weighted by Gasteiger charge is 2.29. The van der Waals surface area contributed by atoms with Gasteiger partial charge in [0.25, 0.3) is 5.91 Å². The van der Waals surface area contributed by atoms with Crippen molar-refractivity contribution < 1.29 is 18.0 Å². The number of anilines is 1. The molecule has 166 valence electrons. The molecule has 0 atom stereocenters. The van der Waals surface area contributed by atoms with Crippen LogP contribution in [0.1, 0.15) is 17.3 Å².